The minimum absolute atomic E-state index is 0.164. The maximum atomic E-state index is 13.7. The SMILES string of the molecule is COc1ccc(CN(CC(=O)O)C(=O)c2[nH]c3ccc(C)cc3c2-c2ccccc2)cc1. The number of aryl methyl sites for hydroxylation is 1. The van der Waals surface area contributed by atoms with Gasteiger partial charge in [-0.25, -0.2) is 0 Å². The molecule has 0 radical (unpaired) electrons. The van der Waals surface area contributed by atoms with E-state index in [1.165, 1.54) is 4.90 Å². The number of methoxy groups -OCH3 is 1. The van der Waals surface area contributed by atoms with Crippen LogP contribution in [0.3, 0.4) is 0 Å². The van der Waals surface area contributed by atoms with Crippen molar-refractivity contribution >= 4 is 22.8 Å². The van der Waals surface area contributed by atoms with Gasteiger partial charge in [-0.05, 0) is 42.3 Å². The third kappa shape index (κ3) is 4.34. The van der Waals surface area contributed by atoms with Crippen molar-refractivity contribution in [3.8, 4) is 16.9 Å². The lowest BCUT2D eigenvalue weighted by Crippen LogP contribution is -2.35. The number of amides is 1. The van der Waals surface area contributed by atoms with E-state index in [0.29, 0.717) is 11.4 Å². The Morgan fingerprint density at radius 1 is 1.00 bits per heavy atom. The number of nitrogens with one attached hydrogen (secondary N) is 1. The van der Waals surface area contributed by atoms with Crippen LogP contribution in [0.4, 0.5) is 0 Å². The van der Waals surface area contributed by atoms with E-state index in [9.17, 15) is 14.7 Å². The minimum Gasteiger partial charge on any atom is -0.497 e. The normalized spacial score (nSPS) is 10.8. The van der Waals surface area contributed by atoms with Gasteiger partial charge in [-0.3, -0.25) is 9.59 Å². The second kappa shape index (κ2) is 8.98. The van der Waals surface area contributed by atoms with Crippen LogP contribution in [0.5, 0.6) is 5.75 Å². The van der Waals surface area contributed by atoms with Gasteiger partial charge in [-0.1, -0.05) is 54.1 Å². The molecule has 2 N–H and O–H groups in total. The number of nitrogens with zero attached hydrogens (tertiary/aromatic N) is 1. The number of carboxylic acids is 1. The zero-order valence-corrected chi connectivity index (χ0v) is 18.0. The standard InChI is InChI=1S/C26H24N2O4/c1-17-8-13-22-21(14-17)24(19-6-4-3-5-7-19)25(27-22)26(31)28(16-23(29)30)15-18-9-11-20(32-2)12-10-18/h3-14,27H,15-16H2,1-2H3,(H,29,30). The Labute approximate surface area is 186 Å². The van der Waals surface area contributed by atoms with Crippen LogP contribution >= 0.6 is 0 Å². The number of benzene rings is 3. The van der Waals surface area contributed by atoms with Crippen molar-refractivity contribution in [3.63, 3.8) is 0 Å². The molecule has 32 heavy (non-hydrogen) atoms. The Bertz CT molecular complexity index is 1260. The average Bonchev–Trinajstić information content (AvgIpc) is 3.17. The number of fused-ring (bicyclic) bond motifs is 1. The van der Waals surface area contributed by atoms with Gasteiger partial charge in [0.15, 0.2) is 0 Å². The van der Waals surface area contributed by atoms with Crippen LogP contribution in [0.2, 0.25) is 0 Å². The van der Waals surface area contributed by atoms with Crippen molar-refractivity contribution in [1.82, 2.24) is 9.88 Å². The zero-order chi connectivity index (χ0) is 22.7. The largest absolute Gasteiger partial charge is 0.497 e. The first-order valence-electron chi connectivity index (χ1n) is 10.3. The minimum atomic E-state index is -1.07. The van der Waals surface area contributed by atoms with Crippen molar-refractivity contribution in [1.29, 1.82) is 0 Å². The zero-order valence-electron chi connectivity index (χ0n) is 18.0. The first kappa shape index (κ1) is 21.2. The van der Waals surface area contributed by atoms with Crippen molar-refractivity contribution < 1.29 is 19.4 Å². The van der Waals surface area contributed by atoms with E-state index in [-0.39, 0.29) is 12.5 Å². The highest BCUT2D eigenvalue weighted by atomic mass is 16.5. The summed E-state index contributed by atoms with van der Waals surface area (Å²) < 4.78 is 5.18. The van der Waals surface area contributed by atoms with Gasteiger partial charge < -0.3 is 19.7 Å². The highest BCUT2D eigenvalue weighted by molar-refractivity contribution is 6.10. The van der Waals surface area contributed by atoms with E-state index in [0.717, 1.165) is 33.2 Å². The third-order valence-electron chi connectivity index (χ3n) is 5.38. The molecule has 0 aliphatic rings. The Hall–Kier alpha value is -4.06. The monoisotopic (exact) mass is 428 g/mol. The molecule has 162 valence electrons. The first-order valence-corrected chi connectivity index (χ1v) is 10.3. The fourth-order valence-corrected chi connectivity index (χ4v) is 3.84. The number of aromatic amines is 1. The van der Waals surface area contributed by atoms with Gasteiger partial charge in [0.05, 0.1) is 7.11 Å². The first-order chi connectivity index (χ1) is 15.5. The number of aliphatic carboxylic acids is 1. The maximum Gasteiger partial charge on any atom is 0.323 e. The summed E-state index contributed by atoms with van der Waals surface area (Å²) in [6, 6.07) is 22.9. The molecule has 3 aromatic carbocycles. The van der Waals surface area contributed by atoms with E-state index in [1.807, 2.05) is 67.6 Å². The average molecular weight is 428 g/mol. The van der Waals surface area contributed by atoms with Gasteiger partial charge in [0.25, 0.3) is 5.91 Å². The molecule has 0 aliphatic carbocycles. The van der Waals surface area contributed by atoms with Gasteiger partial charge in [-0.15, -0.1) is 0 Å². The number of H-pyrrole nitrogens is 1. The summed E-state index contributed by atoms with van der Waals surface area (Å²) in [4.78, 5) is 29.8. The molecular weight excluding hydrogens is 404 g/mol. The molecule has 0 unspecified atom stereocenters. The van der Waals surface area contributed by atoms with E-state index in [2.05, 4.69) is 4.98 Å². The molecule has 1 heterocycles. The molecule has 4 aromatic rings. The third-order valence-corrected chi connectivity index (χ3v) is 5.38. The van der Waals surface area contributed by atoms with Gasteiger partial charge in [0.1, 0.15) is 18.0 Å². The molecule has 0 atom stereocenters. The summed E-state index contributed by atoms with van der Waals surface area (Å²) >= 11 is 0. The molecule has 4 rings (SSSR count). The molecule has 1 aromatic heterocycles. The van der Waals surface area contributed by atoms with E-state index >= 15 is 0 Å². The lowest BCUT2D eigenvalue weighted by atomic mass is 10.00. The van der Waals surface area contributed by atoms with E-state index in [4.69, 9.17) is 4.74 Å². The van der Waals surface area contributed by atoms with Gasteiger partial charge in [0, 0.05) is 23.0 Å². The van der Waals surface area contributed by atoms with Crippen LogP contribution in [-0.4, -0.2) is 40.5 Å². The molecule has 0 spiro atoms. The molecule has 0 saturated heterocycles. The number of rotatable bonds is 7. The van der Waals surface area contributed by atoms with E-state index in [1.54, 1.807) is 19.2 Å². The van der Waals surface area contributed by atoms with E-state index < -0.39 is 12.5 Å². The van der Waals surface area contributed by atoms with Crippen molar-refractivity contribution in [2.75, 3.05) is 13.7 Å². The Morgan fingerprint density at radius 3 is 2.38 bits per heavy atom. The summed E-state index contributed by atoms with van der Waals surface area (Å²) in [5.41, 5.74) is 4.78. The second-order valence-electron chi connectivity index (χ2n) is 7.69. The Kier molecular flexibility index (Phi) is 5.94. The summed E-state index contributed by atoms with van der Waals surface area (Å²) in [5.74, 6) is -0.738. The highest BCUT2D eigenvalue weighted by Gasteiger charge is 2.25. The summed E-state index contributed by atoms with van der Waals surface area (Å²) in [7, 11) is 1.58. The lowest BCUT2D eigenvalue weighted by Gasteiger charge is -2.21. The van der Waals surface area contributed by atoms with Crippen LogP contribution in [0, 0.1) is 6.92 Å². The molecular formula is C26H24N2O4. The van der Waals surface area contributed by atoms with Crippen molar-refractivity contribution in [3.05, 3.63) is 89.6 Å². The van der Waals surface area contributed by atoms with Crippen LogP contribution in [0.25, 0.3) is 22.0 Å². The predicted octanol–water partition coefficient (Wildman–Crippen LogP) is 4.88. The number of hydrogen-bond donors (Lipinski definition) is 2. The van der Waals surface area contributed by atoms with Crippen LogP contribution in [0.1, 0.15) is 21.6 Å². The van der Waals surface area contributed by atoms with Gasteiger partial charge in [-0.2, -0.15) is 0 Å². The molecule has 0 fully saturated rings. The molecule has 0 aliphatic heterocycles. The fourth-order valence-electron chi connectivity index (χ4n) is 3.84. The molecule has 1 amide bonds. The van der Waals surface area contributed by atoms with Crippen molar-refractivity contribution in [2.45, 2.75) is 13.5 Å². The topological polar surface area (TPSA) is 82.6 Å². The molecule has 0 bridgehead atoms. The number of aromatic nitrogens is 1. The lowest BCUT2D eigenvalue weighted by molar-refractivity contribution is -0.137. The van der Waals surface area contributed by atoms with Crippen LogP contribution in [0.15, 0.2) is 72.8 Å². The summed E-state index contributed by atoms with van der Waals surface area (Å²) in [6.07, 6.45) is 0. The van der Waals surface area contributed by atoms with Crippen LogP contribution in [-0.2, 0) is 11.3 Å². The fraction of sp³-hybridized carbons (Fsp3) is 0.154. The molecule has 0 saturated carbocycles. The number of carboxylic acid groups (broad SMARTS) is 1. The summed E-state index contributed by atoms with van der Waals surface area (Å²) in [6.45, 7) is 1.76. The Morgan fingerprint density at radius 2 is 1.72 bits per heavy atom. The van der Waals surface area contributed by atoms with Gasteiger partial charge in [0.2, 0.25) is 0 Å². The number of ether oxygens (including phenoxy) is 1. The van der Waals surface area contributed by atoms with Crippen LogP contribution < -0.4 is 4.74 Å². The van der Waals surface area contributed by atoms with Gasteiger partial charge >= 0.3 is 5.97 Å². The smallest absolute Gasteiger partial charge is 0.323 e. The van der Waals surface area contributed by atoms with Crippen molar-refractivity contribution in [2.24, 2.45) is 0 Å². The second-order valence-corrected chi connectivity index (χ2v) is 7.69. The number of carbonyl (C=O) groups is 2. The quantitative estimate of drug-likeness (QED) is 0.440. The maximum absolute atomic E-state index is 13.7. The molecule has 6 heteroatoms. The predicted molar refractivity (Wildman–Crippen MR) is 124 cm³/mol. The molecule has 6 nitrogen and oxygen atoms in total. The Balaban J connectivity index is 1.79. The number of carbonyl (C=O) groups excluding carboxylic acids is 1. The number of hydrogen-bond acceptors (Lipinski definition) is 3. The highest BCUT2D eigenvalue weighted by Crippen LogP contribution is 2.34. The summed E-state index contributed by atoms with van der Waals surface area (Å²) in [5, 5.41) is 10.4.